The molecule has 0 spiro atoms. The smallest absolute Gasteiger partial charge is 0.724 e. The monoisotopic (exact) mass is 180 g/mol. The molecule has 0 rings (SSSR count). The second kappa shape index (κ2) is 299. The van der Waals surface area contributed by atoms with Crippen LogP contribution in [0.3, 0.4) is 0 Å². The van der Waals surface area contributed by atoms with E-state index in [-0.39, 0.29) is 7.43 Å². The molecule has 0 aliphatic carbocycles. The second-order valence-corrected chi connectivity index (χ2v) is 0.365. The van der Waals surface area contributed by atoms with Crippen molar-refractivity contribution in [2.45, 2.75) is 0 Å². The Kier molecular flexibility index (Phi) is 720. The van der Waals surface area contributed by atoms with Crippen molar-refractivity contribution in [1.29, 1.82) is 0 Å². The summed E-state index contributed by atoms with van der Waals surface area (Å²) in [4.78, 5) is 32.9. The van der Waals surface area contributed by atoms with Crippen LogP contribution in [-0.2, 0) is 19.2 Å². The minimum Gasteiger partial charge on any atom is -0.724 e. The van der Waals surface area contributed by atoms with Crippen molar-refractivity contribution in [2.24, 2.45) is 0 Å². The van der Waals surface area contributed by atoms with Crippen LogP contribution in [0.15, 0.2) is 0 Å². The minimum atomic E-state index is 0. The van der Waals surface area contributed by atoms with Gasteiger partial charge in [0.2, 0.25) is 0 Å². The van der Waals surface area contributed by atoms with Gasteiger partial charge in [0.1, 0.15) is 0 Å². The first kappa shape index (κ1) is 31.3. The van der Waals surface area contributed by atoms with Crippen molar-refractivity contribution >= 4 is 24.3 Å². The summed E-state index contributed by atoms with van der Waals surface area (Å²) in [6, 6.07) is 0. The predicted molar refractivity (Wildman–Crippen MR) is 39.5 cm³/mol. The molecule has 0 saturated heterocycles. The molecule has 8 nitrogen and oxygen atoms in total. The molecule has 0 fully saturated rings. The van der Waals surface area contributed by atoms with Crippen LogP contribution in [-0.4, -0.2) is 24.3 Å². The third-order valence-corrected chi connectivity index (χ3v) is 0. The first-order chi connectivity index (χ1) is 5.66. The molecule has 0 unspecified atom stereocenters. The Morgan fingerprint density at radius 2 is 0.538 bits per heavy atom. The van der Waals surface area contributed by atoms with Gasteiger partial charge >= 0.3 is 7.43 Å². The van der Waals surface area contributed by atoms with E-state index in [1.54, 1.807) is 0 Å². The Balaban J connectivity index is -0.0000000213. The molecule has 0 bridgehead atoms. The first-order valence-corrected chi connectivity index (χ1v) is 1.71. The molecule has 0 atom stereocenters. The molecule has 0 saturated carbocycles. The van der Waals surface area contributed by atoms with Crippen molar-refractivity contribution in [1.82, 2.24) is 0 Å². The van der Waals surface area contributed by atoms with Crippen LogP contribution in [0.25, 0.3) is 21.6 Å². The van der Waals surface area contributed by atoms with E-state index in [1.165, 1.54) is 0 Å². The molecular formula is C5N4O4. The molecule has 0 aromatic rings. The summed E-state index contributed by atoms with van der Waals surface area (Å²) in [7, 11) is 0. The minimum absolute atomic E-state index is 0. The summed E-state index contributed by atoms with van der Waals surface area (Å²) in [5.74, 6) is 0. The zero-order valence-corrected chi connectivity index (χ0v) is 5.92. The summed E-state index contributed by atoms with van der Waals surface area (Å²) >= 11 is 0. The zero-order chi connectivity index (χ0) is 10.8. The Bertz CT molecular complexity index is 153. The molecule has 13 heavy (non-hydrogen) atoms. The van der Waals surface area contributed by atoms with Crippen molar-refractivity contribution in [3.63, 3.8) is 0 Å². The Morgan fingerprint density at radius 1 is 0.538 bits per heavy atom. The quantitative estimate of drug-likeness (QED) is 0.368. The first-order valence-electron chi connectivity index (χ1n) is 1.71. The van der Waals surface area contributed by atoms with Crippen LogP contribution in [0.4, 0.5) is 0 Å². The summed E-state index contributed by atoms with van der Waals surface area (Å²) in [6.45, 7) is 0. The van der Waals surface area contributed by atoms with E-state index in [2.05, 4.69) is 0 Å². The number of rotatable bonds is 0. The Hall–Kier alpha value is -2.48. The number of hydrogen-bond acceptors (Lipinski definition) is 4. The molecule has 8 heteroatoms. The third-order valence-electron chi connectivity index (χ3n) is 0. The second-order valence-electron chi connectivity index (χ2n) is 0.365. The molecule has 0 aromatic heterocycles. The SMILES string of the molecule is [C+4].[N-]=C=O.[N-]=C=O.[N-]=C=O.[N-]=C=O. The largest absolute Gasteiger partial charge is 4.00 e. The molecule has 0 amide bonds. The van der Waals surface area contributed by atoms with Gasteiger partial charge in [-0.2, -0.15) is 0 Å². The number of hydrogen-bond donors (Lipinski definition) is 0. The molecule has 0 heterocycles. The van der Waals surface area contributed by atoms with Gasteiger partial charge in [0, 0.05) is 0 Å². The summed E-state index contributed by atoms with van der Waals surface area (Å²) in [5, 5.41) is 27.1. The molecule has 0 radical (unpaired) electrons. The predicted octanol–water partition coefficient (Wildman–Crippen LogP) is -0.352. The van der Waals surface area contributed by atoms with Crippen LogP contribution in [0.2, 0.25) is 0 Å². The van der Waals surface area contributed by atoms with E-state index in [9.17, 15) is 0 Å². The van der Waals surface area contributed by atoms with E-state index in [0.717, 1.165) is 0 Å². The molecule has 0 N–H and O–H groups in total. The fourth-order valence-corrected chi connectivity index (χ4v) is 0. The Morgan fingerprint density at radius 3 is 0.538 bits per heavy atom. The van der Waals surface area contributed by atoms with E-state index in [0.29, 0.717) is 24.3 Å². The van der Waals surface area contributed by atoms with Gasteiger partial charge in [-0.25, -0.2) is 0 Å². The van der Waals surface area contributed by atoms with Gasteiger partial charge in [0.25, 0.3) is 0 Å². The molecule has 0 aliphatic rings. The van der Waals surface area contributed by atoms with Gasteiger partial charge in [0.15, 0.2) is 0 Å². The van der Waals surface area contributed by atoms with E-state index >= 15 is 0 Å². The van der Waals surface area contributed by atoms with Crippen LogP contribution < -0.4 is 0 Å². The number of carbonyl (C=O) groups excluding carboxylic acids is 4. The van der Waals surface area contributed by atoms with Gasteiger partial charge < -0.3 is 21.6 Å². The van der Waals surface area contributed by atoms with Crippen molar-refractivity contribution in [3.05, 3.63) is 29.1 Å². The topological polar surface area (TPSA) is 157 Å². The van der Waals surface area contributed by atoms with Crippen LogP contribution in [0.1, 0.15) is 0 Å². The number of isocyanates is 4. The summed E-state index contributed by atoms with van der Waals surface area (Å²) in [5.41, 5.74) is 0. The fraction of sp³-hybridized carbons (Fsp3) is 0. The van der Waals surface area contributed by atoms with Gasteiger partial charge in [-0.05, 0) is 24.3 Å². The van der Waals surface area contributed by atoms with E-state index in [1.807, 2.05) is 0 Å². The van der Waals surface area contributed by atoms with Crippen LogP contribution in [0.5, 0.6) is 0 Å². The third kappa shape index (κ3) is 87.5. The molecule has 0 aromatic carbocycles. The normalized spacial score (nSPS) is 2.46. The fourth-order valence-electron chi connectivity index (χ4n) is 0. The maximum atomic E-state index is 8.24. The van der Waals surface area contributed by atoms with E-state index in [4.69, 9.17) is 40.8 Å². The van der Waals surface area contributed by atoms with Gasteiger partial charge in [-0.15, -0.1) is 0 Å². The van der Waals surface area contributed by atoms with Crippen molar-refractivity contribution in [2.75, 3.05) is 0 Å². The van der Waals surface area contributed by atoms with Crippen LogP contribution >= 0.6 is 0 Å². The van der Waals surface area contributed by atoms with Gasteiger partial charge in [0.05, 0.1) is 0 Å². The van der Waals surface area contributed by atoms with Crippen molar-refractivity contribution in [3.8, 4) is 0 Å². The van der Waals surface area contributed by atoms with Gasteiger partial charge in [-0.1, -0.05) is 0 Å². The molecule has 0 aliphatic heterocycles. The summed E-state index contributed by atoms with van der Waals surface area (Å²) in [6.07, 6.45) is 2.00. The standard InChI is InChI=1S/4CNO.C/c4*2-1-3;/q4*-1;+4. The molecular weight excluding hydrogens is 180 g/mol. The maximum absolute atomic E-state index is 8.24. The zero-order valence-electron chi connectivity index (χ0n) is 5.92. The Labute approximate surface area is 73.6 Å². The van der Waals surface area contributed by atoms with Gasteiger partial charge in [-0.3, -0.25) is 19.2 Å². The average molecular weight is 180 g/mol. The average Bonchev–Trinajstić information content (AvgIpc) is 1.92. The van der Waals surface area contributed by atoms with Crippen molar-refractivity contribution < 1.29 is 19.2 Å². The number of nitrogens with zero attached hydrogens (tertiary/aromatic N) is 4. The molecule has 64 valence electrons. The maximum Gasteiger partial charge on any atom is 4.00 e. The van der Waals surface area contributed by atoms with E-state index < -0.39 is 0 Å². The summed E-state index contributed by atoms with van der Waals surface area (Å²) < 4.78 is 0. The van der Waals surface area contributed by atoms with Crippen LogP contribution in [0, 0.1) is 7.43 Å².